The molecule has 0 aliphatic carbocycles. The van der Waals surface area contributed by atoms with Crippen LogP contribution >= 0.6 is 11.3 Å². The molecule has 1 N–H and O–H groups in total. The molecular formula is C10H17NS. The van der Waals surface area contributed by atoms with Crippen molar-refractivity contribution in [2.75, 3.05) is 7.05 Å². The van der Waals surface area contributed by atoms with E-state index < -0.39 is 0 Å². The fourth-order valence-corrected chi connectivity index (χ4v) is 2.02. The minimum absolute atomic E-state index is 0.611. The molecule has 0 bridgehead atoms. The summed E-state index contributed by atoms with van der Waals surface area (Å²) >= 11 is 1.78. The third kappa shape index (κ3) is 2.61. The Morgan fingerprint density at radius 2 is 2.25 bits per heavy atom. The van der Waals surface area contributed by atoms with Crippen LogP contribution in [0.3, 0.4) is 0 Å². The lowest BCUT2D eigenvalue weighted by atomic mass is 9.98. The predicted molar refractivity (Wildman–Crippen MR) is 55.7 cm³/mol. The molecule has 0 aliphatic rings. The van der Waals surface area contributed by atoms with Gasteiger partial charge in [0.15, 0.2) is 0 Å². The van der Waals surface area contributed by atoms with Gasteiger partial charge < -0.3 is 5.32 Å². The Bertz CT molecular complexity index is 204. The summed E-state index contributed by atoms with van der Waals surface area (Å²) in [4.78, 5) is 0. The van der Waals surface area contributed by atoms with Crippen LogP contribution < -0.4 is 5.32 Å². The van der Waals surface area contributed by atoms with Crippen LogP contribution in [0.5, 0.6) is 0 Å². The van der Waals surface area contributed by atoms with E-state index in [9.17, 15) is 0 Å². The van der Waals surface area contributed by atoms with E-state index in [1.165, 1.54) is 5.56 Å². The van der Waals surface area contributed by atoms with Crippen LogP contribution in [-0.4, -0.2) is 13.1 Å². The van der Waals surface area contributed by atoms with Crippen molar-refractivity contribution in [2.24, 2.45) is 5.92 Å². The maximum atomic E-state index is 3.34. The second-order valence-corrected chi connectivity index (χ2v) is 4.25. The lowest BCUT2D eigenvalue weighted by molar-refractivity contribution is 0.425. The first-order valence-electron chi connectivity index (χ1n) is 4.42. The Balaban J connectivity index is 2.48. The number of hydrogen-bond acceptors (Lipinski definition) is 2. The lowest BCUT2D eigenvalue weighted by Crippen LogP contribution is -2.32. The first kappa shape index (κ1) is 9.75. The van der Waals surface area contributed by atoms with Crippen LogP contribution in [0.25, 0.3) is 0 Å². The van der Waals surface area contributed by atoms with Crippen LogP contribution in [0.15, 0.2) is 16.8 Å². The van der Waals surface area contributed by atoms with Gasteiger partial charge in [0.2, 0.25) is 0 Å². The van der Waals surface area contributed by atoms with Crippen molar-refractivity contribution in [3.8, 4) is 0 Å². The number of rotatable bonds is 4. The SMILES string of the molecule is CNC(Cc1ccsc1)C(C)C. The molecule has 0 spiro atoms. The van der Waals surface area contributed by atoms with Crippen molar-refractivity contribution < 1.29 is 0 Å². The minimum Gasteiger partial charge on any atom is -0.316 e. The summed E-state index contributed by atoms with van der Waals surface area (Å²) in [6.07, 6.45) is 1.15. The summed E-state index contributed by atoms with van der Waals surface area (Å²) in [7, 11) is 2.04. The van der Waals surface area contributed by atoms with Crippen molar-refractivity contribution in [3.63, 3.8) is 0 Å². The average molecular weight is 183 g/mol. The summed E-state index contributed by atoms with van der Waals surface area (Å²) in [5.74, 6) is 0.704. The summed E-state index contributed by atoms with van der Waals surface area (Å²) in [6.45, 7) is 4.51. The van der Waals surface area contributed by atoms with Gasteiger partial charge in [0.1, 0.15) is 0 Å². The topological polar surface area (TPSA) is 12.0 Å². The van der Waals surface area contributed by atoms with Crippen molar-refractivity contribution in [2.45, 2.75) is 26.3 Å². The van der Waals surface area contributed by atoms with Gasteiger partial charge in [-0.3, -0.25) is 0 Å². The molecule has 1 nitrogen and oxygen atoms in total. The molecule has 2 heteroatoms. The lowest BCUT2D eigenvalue weighted by Gasteiger charge is -2.19. The van der Waals surface area contributed by atoms with Crippen LogP contribution in [0.2, 0.25) is 0 Å². The number of nitrogens with one attached hydrogen (secondary N) is 1. The molecule has 12 heavy (non-hydrogen) atoms. The number of thiophene rings is 1. The zero-order chi connectivity index (χ0) is 8.97. The van der Waals surface area contributed by atoms with E-state index in [0.29, 0.717) is 12.0 Å². The van der Waals surface area contributed by atoms with Gasteiger partial charge in [0.05, 0.1) is 0 Å². The Morgan fingerprint density at radius 3 is 2.67 bits per heavy atom. The van der Waals surface area contributed by atoms with Gasteiger partial charge in [0, 0.05) is 6.04 Å². The van der Waals surface area contributed by atoms with E-state index in [2.05, 4.69) is 36.0 Å². The maximum Gasteiger partial charge on any atom is 0.0128 e. The van der Waals surface area contributed by atoms with Gasteiger partial charge >= 0.3 is 0 Å². The van der Waals surface area contributed by atoms with Gasteiger partial charge in [-0.1, -0.05) is 13.8 Å². The Labute approximate surface area is 78.8 Å². The van der Waals surface area contributed by atoms with Crippen LogP contribution in [-0.2, 0) is 6.42 Å². The molecule has 1 aromatic rings. The van der Waals surface area contributed by atoms with Gasteiger partial charge in [-0.05, 0) is 41.8 Å². The predicted octanol–water partition coefficient (Wildman–Crippen LogP) is 2.53. The smallest absolute Gasteiger partial charge is 0.0128 e. The number of hydrogen-bond donors (Lipinski definition) is 1. The normalized spacial score (nSPS) is 13.7. The van der Waals surface area contributed by atoms with Crippen molar-refractivity contribution >= 4 is 11.3 Å². The highest BCUT2D eigenvalue weighted by molar-refractivity contribution is 7.07. The molecule has 0 amide bonds. The summed E-state index contributed by atoms with van der Waals surface area (Å²) < 4.78 is 0. The van der Waals surface area contributed by atoms with E-state index in [4.69, 9.17) is 0 Å². The van der Waals surface area contributed by atoms with E-state index in [0.717, 1.165) is 6.42 Å². The number of likely N-dealkylation sites (N-methyl/N-ethyl adjacent to an activating group) is 1. The third-order valence-electron chi connectivity index (χ3n) is 2.21. The second-order valence-electron chi connectivity index (χ2n) is 3.47. The summed E-state index contributed by atoms with van der Waals surface area (Å²) in [5, 5.41) is 7.71. The van der Waals surface area contributed by atoms with Crippen LogP contribution in [0.1, 0.15) is 19.4 Å². The van der Waals surface area contributed by atoms with Gasteiger partial charge in [-0.25, -0.2) is 0 Å². The molecule has 0 saturated carbocycles. The van der Waals surface area contributed by atoms with Gasteiger partial charge in [-0.15, -0.1) is 0 Å². The molecule has 1 aromatic heterocycles. The monoisotopic (exact) mass is 183 g/mol. The van der Waals surface area contributed by atoms with E-state index in [-0.39, 0.29) is 0 Å². The molecule has 0 saturated heterocycles. The summed E-state index contributed by atoms with van der Waals surface area (Å²) in [5.41, 5.74) is 1.45. The van der Waals surface area contributed by atoms with Crippen LogP contribution in [0, 0.1) is 5.92 Å². The Morgan fingerprint density at radius 1 is 1.50 bits per heavy atom. The zero-order valence-electron chi connectivity index (χ0n) is 8.00. The molecule has 0 radical (unpaired) electrons. The molecule has 1 unspecified atom stereocenters. The van der Waals surface area contributed by atoms with Crippen LogP contribution in [0.4, 0.5) is 0 Å². The van der Waals surface area contributed by atoms with E-state index in [1.54, 1.807) is 11.3 Å². The molecule has 68 valence electrons. The molecule has 0 aromatic carbocycles. The highest BCUT2D eigenvalue weighted by Crippen LogP contribution is 2.12. The molecular weight excluding hydrogens is 166 g/mol. The fourth-order valence-electron chi connectivity index (χ4n) is 1.33. The highest BCUT2D eigenvalue weighted by Gasteiger charge is 2.10. The second kappa shape index (κ2) is 4.63. The fraction of sp³-hybridized carbons (Fsp3) is 0.600. The largest absolute Gasteiger partial charge is 0.316 e. The standard InChI is InChI=1S/C10H17NS/c1-8(2)10(11-3)6-9-4-5-12-7-9/h4-5,7-8,10-11H,6H2,1-3H3. The first-order chi connectivity index (χ1) is 5.74. The highest BCUT2D eigenvalue weighted by atomic mass is 32.1. The molecule has 1 heterocycles. The quantitative estimate of drug-likeness (QED) is 0.756. The van der Waals surface area contributed by atoms with Crippen molar-refractivity contribution in [3.05, 3.63) is 22.4 Å². The minimum atomic E-state index is 0.611. The molecule has 1 rings (SSSR count). The zero-order valence-corrected chi connectivity index (χ0v) is 8.82. The third-order valence-corrected chi connectivity index (χ3v) is 2.94. The van der Waals surface area contributed by atoms with E-state index in [1.807, 2.05) is 7.05 Å². The van der Waals surface area contributed by atoms with Crippen molar-refractivity contribution in [1.82, 2.24) is 5.32 Å². The average Bonchev–Trinajstić information content (AvgIpc) is 2.51. The molecule has 1 atom stereocenters. The van der Waals surface area contributed by atoms with Gasteiger partial charge in [-0.2, -0.15) is 11.3 Å². The Hall–Kier alpha value is -0.340. The van der Waals surface area contributed by atoms with Gasteiger partial charge in [0.25, 0.3) is 0 Å². The van der Waals surface area contributed by atoms with E-state index >= 15 is 0 Å². The first-order valence-corrected chi connectivity index (χ1v) is 5.36. The maximum absolute atomic E-state index is 3.34. The molecule has 0 fully saturated rings. The molecule has 0 aliphatic heterocycles. The summed E-state index contributed by atoms with van der Waals surface area (Å²) in [6, 6.07) is 2.82. The Kier molecular flexibility index (Phi) is 3.76. The van der Waals surface area contributed by atoms with Crippen molar-refractivity contribution in [1.29, 1.82) is 0 Å².